The van der Waals surface area contributed by atoms with Crippen LogP contribution in [0.2, 0.25) is 0 Å². The van der Waals surface area contributed by atoms with E-state index in [1.165, 1.54) is 65.0 Å². The average molecular weight is 514 g/mol. The van der Waals surface area contributed by atoms with Crippen LogP contribution < -0.4 is 5.32 Å². The minimum Gasteiger partial charge on any atom is -0.481 e. The van der Waals surface area contributed by atoms with Gasteiger partial charge in [0.05, 0.1) is 6.04 Å². The minimum atomic E-state index is -0.758. The molecule has 1 spiro atoms. The first-order valence-electron chi connectivity index (χ1n) is 14.3. The maximum Gasteiger partial charge on any atom is 0.303 e. The Morgan fingerprint density at radius 2 is 1.84 bits per heavy atom. The number of nitrogens with zero attached hydrogens (tertiary/aromatic N) is 5. The van der Waals surface area contributed by atoms with Gasteiger partial charge in [-0.1, -0.05) is 13.8 Å². The lowest BCUT2D eigenvalue weighted by atomic mass is 9.77. The number of likely N-dealkylation sites (tertiary alicyclic amines) is 2. The lowest BCUT2D eigenvalue weighted by Crippen LogP contribution is -2.42. The first-order valence-corrected chi connectivity index (χ1v) is 14.3. The first-order chi connectivity index (χ1) is 17.9. The summed E-state index contributed by atoms with van der Waals surface area (Å²) in [6.45, 7) is 13.8. The molecule has 0 bridgehead atoms. The third-order valence-electron chi connectivity index (χ3n) is 8.15. The van der Waals surface area contributed by atoms with Crippen molar-refractivity contribution in [2.75, 3.05) is 45.8 Å². The van der Waals surface area contributed by atoms with E-state index in [0.29, 0.717) is 24.8 Å². The Kier molecular flexibility index (Phi) is 10.2. The number of aliphatic carboxylic acids is 1. The summed E-state index contributed by atoms with van der Waals surface area (Å²) in [6, 6.07) is -0.00468. The molecule has 2 fully saturated rings. The second-order valence-electron chi connectivity index (χ2n) is 11.7. The number of unbranched alkanes of at least 4 members (excludes halogenated alkanes) is 1. The minimum absolute atomic E-state index is 0.00468. The summed E-state index contributed by atoms with van der Waals surface area (Å²) in [5.41, 5.74) is 0.566. The zero-order valence-electron chi connectivity index (χ0n) is 22.9. The third kappa shape index (κ3) is 8.38. The number of aryl methyl sites for hydroxylation is 1. The molecular formula is C28H47N7O2. The number of aromatic amines is 1. The zero-order chi connectivity index (χ0) is 26.1. The highest BCUT2D eigenvalue weighted by molar-refractivity contribution is 5.66. The van der Waals surface area contributed by atoms with Gasteiger partial charge in [0.15, 0.2) is 0 Å². The van der Waals surface area contributed by atoms with Crippen molar-refractivity contribution in [3.63, 3.8) is 0 Å². The van der Waals surface area contributed by atoms with Gasteiger partial charge in [0.25, 0.3) is 0 Å². The average Bonchev–Trinajstić information content (AvgIpc) is 3.62. The van der Waals surface area contributed by atoms with Crippen molar-refractivity contribution in [2.45, 2.75) is 77.8 Å². The number of carboxylic acids is 1. The summed E-state index contributed by atoms with van der Waals surface area (Å²) in [5, 5.41) is 12.5. The molecule has 4 heterocycles. The first kappa shape index (κ1) is 27.8. The van der Waals surface area contributed by atoms with Gasteiger partial charge in [-0.3, -0.25) is 4.79 Å². The number of hydrogen-bond donors (Lipinski definition) is 3. The van der Waals surface area contributed by atoms with Gasteiger partial charge in [-0.15, -0.1) is 0 Å². The number of hydrogen-bond acceptors (Lipinski definition) is 6. The van der Waals surface area contributed by atoms with Gasteiger partial charge in [0, 0.05) is 57.3 Å². The molecule has 2 aliphatic rings. The van der Waals surface area contributed by atoms with Crippen molar-refractivity contribution >= 4 is 5.97 Å². The highest BCUT2D eigenvalue weighted by atomic mass is 16.4. The largest absolute Gasteiger partial charge is 0.481 e. The van der Waals surface area contributed by atoms with Gasteiger partial charge in [0.2, 0.25) is 0 Å². The van der Waals surface area contributed by atoms with E-state index < -0.39 is 5.97 Å². The Morgan fingerprint density at radius 1 is 1.08 bits per heavy atom. The standard InChI is InChI=1S/C28H47N7O2/c1-23(2)21-33-16-7-28(8-17-33)9-18-34(22-28)14-3-4-15-35-19-13-32-27(35)24(20-25-30-11-12-31-25)29-10-5-6-26(36)37/h11-13,19,23-24,29H,3-10,14-18,20-22H2,1-2H3,(H,30,31)(H,36,37). The third-order valence-corrected chi connectivity index (χ3v) is 8.15. The molecule has 9 nitrogen and oxygen atoms in total. The smallest absolute Gasteiger partial charge is 0.303 e. The Morgan fingerprint density at radius 3 is 2.54 bits per heavy atom. The van der Waals surface area contributed by atoms with Crippen LogP contribution in [0.15, 0.2) is 24.8 Å². The van der Waals surface area contributed by atoms with Crippen LogP contribution in [0.25, 0.3) is 0 Å². The van der Waals surface area contributed by atoms with Gasteiger partial charge < -0.3 is 29.8 Å². The predicted octanol–water partition coefficient (Wildman–Crippen LogP) is 3.57. The fraction of sp³-hybridized carbons (Fsp3) is 0.750. The summed E-state index contributed by atoms with van der Waals surface area (Å²) < 4.78 is 2.26. The van der Waals surface area contributed by atoms with Crippen LogP contribution in [0.4, 0.5) is 0 Å². The molecule has 1 atom stereocenters. The van der Waals surface area contributed by atoms with E-state index in [9.17, 15) is 4.79 Å². The van der Waals surface area contributed by atoms with E-state index in [0.717, 1.165) is 30.5 Å². The summed E-state index contributed by atoms with van der Waals surface area (Å²) in [5.74, 6) is 1.91. The van der Waals surface area contributed by atoms with Gasteiger partial charge >= 0.3 is 5.97 Å². The van der Waals surface area contributed by atoms with Crippen LogP contribution in [-0.4, -0.2) is 86.2 Å². The molecule has 2 aromatic heterocycles. The van der Waals surface area contributed by atoms with Gasteiger partial charge in [-0.25, -0.2) is 9.97 Å². The topological polar surface area (TPSA) is 102 Å². The molecule has 37 heavy (non-hydrogen) atoms. The van der Waals surface area contributed by atoms with Crippen LogP contribution >= 0.6 is 0 Å². The van der Waals surface area contributed by atoms with Gasteiger partial charge in [-0.2, -0.15) is 0 Å². The molecule has 1 unspecified atom stereocenters. The monoisotopic (exact) mass is 513 g/mol. The number of nitrogens with one attached hydrogen (secondary N) is 2. The summed E-state index contributed by atoms with van der Waals surface area (Å²) in [6.07, 6.45) is 15.4. The molecule has 206 valence electrons. The fourth-order valence-corrected chi connectivity index (χ4v) is 6.16. The molecule has 0 radical (unpaired) electrons. The molecule has 9 heteroatoms. The molecule has 0 amide bonds. The van der Waals surface area contributed by atoms with Crippen molar-refractivity contribution in [2.24, 2.45) is 11.3 Å². The lowest BCUT2D eigenvalue weighted by molar-refractivity contribution is -0.137. The van der Waals surface area contributed by atoms with Crippen molar-refractivity contribution < 1.29 is 9.90 Å². The molecule has 0 aromatic carbocycles. The summed E-state index contributed by atoms with van der Waals surface area (Å²) in [7, 11) is 0. The SMILES string of the molecule is CC(C)CN1CCC2(CC1)CCN(CCCCn1ccnc1C(Cc1ncc[nH]1)NCCCC(=O)O)C2. The maximum atomic E-state index is 10.9. The Labute approximate surface area is 222 Å². The molecule has 3 N–H and O–H groups in total. The number of carbonyl (C=O) groups is 1. The molecule has 2 saturated heterocycles. The number of carboxylic acid groups (broad SMARTS) is 1. The van der Waals surface area contributed by atoms with E-state index in [4.69, 9.17) is 5.11 Å². The number of aromatic nitrogens is 4. The molecule has 2 aliphatic heterocycles. The molecule has 4 rings (SSSR count). The van der Waals surface area contributed by atoms with Gasteiger partial charge in [-0.05, 0) is 82.6 Å². The number of H-pyrrole nitrogens is 1. The number of piperidine rings is 1. The van der Waals surface area contributed by atoms with Crippen LogP contribution in [0.3, 0.4) is 0 Å². The van der Waals surface area contributed by atoms with Crippen molar-refractivity contribution in [1.82, 2.24) is 34.6 Å². The van der Waals surface area contributed by atoms with Crippen molar-refractivity contribution in [3.8, 4) is 0 Å². The quantitative estimate of drug-likeness (QED) is 0.313. The Hall–Kier alpha value is -2.23. The zero-order valence-corrected chi connectivity index (χ0v) is 22.9. The molecule has 2 aromatic rings. The molecular weight excluding hydrogens is 466 g/mol. The van der Waals surface area contributed by atoms with Gasteiger partial charge in [0.1, 0.15) is 11.6 Å². The molecule has 0 saturated carbocycles. The normalized spacial score (nSPS) is 19.2. The van der Waals surface area contributed by atoms with Crippen LogP contribution in [0.5, 0.6) is 0 Å². The second kappa shape index (κ2) is 13.5. The number of imidazole rings is 2. The highest BCUT2D eigenvalue weighted by Crippen LogP contribution is 2.40. The predicted molar refractivity (Wildman–Crippen MR) is 145 cm³/mol. The fourth-order valence-electron chi connectivity index (χ4n) is 6.16. The summed E-state index contributed by atoms with van der Waals surface area (Å²) in [4.78, 5) is 28.5. The number of rotatable bonds is 15. The van der Waals surface area contributed by atoms with Crippen molar-refractivity contribution in [3.05, 3.63) is 36.4 Å². The van der Waals surface area contributed by atoms with E-state index in [1.807, 2.05) is 12.4 Å². The van der Waals surface area contributed by atoms with Crippen LogP contribution in [0, 0.1) is 11.3 Å². The van der Waals surface area contributed by atoms with E-state index >= 15 is 0 Å². The Balaban J connectivity index is 1.22. The molecule has 0 aliphatic carbocycles. The lowest BCUT2D eigenvalue weighted by Gasteiger charge is -2.40. The maximum absolute atomic E-state index is 10.9. The van der Waals surface area contributed by atoms with E-state index in [1.54, 1.807) is 6.20 Å². The second-order valence-corrected chi connectivity index (χ2v) is 11.7. The van der Waals surface area contributed by atoms with Crippen molar-refractivity contribution in [1.29, 1.82) is 0 Å². The van der Waals surface area contributed by atoms with Crippen LogP contribution in [0.1, 0.15) is 76.5 Å². The Bertz CT molecular complexity index is 934. The van der Waals surface area contributed by atoms with E-state index in [2.05, 4.69) is 54.7 Å². The summed E-state index contributed by atoms with van der Waals surface area (Å²) >= 11 is 0. The highest BCUT2D eigenvalue weighted by Gasteiger charge is 2.40. The van der Waals surface area contributed by atoms with Crippen LogP contribution in [-0.2, 0) is 17.8 Å². The van der Waals surface area contributed by atoms with E-state index in [-0.39, 0.29) is 12.5 Å².